The molecule has 3 aromatic heterocycles. The van der Waals surface area contributed by atoms with Gasteiger partial charge < -0.3 is 0 Å². The molecule has 0 aliphatic rings. The number of carbonyl (C=O) groups excluding carboxylic acids is 1. The van der Waals surface area contributed by atoms with E-state index in [1.807, 2.05) is 12.3 Å². The van der Waals surface area contributed by atoms with E-state index < -0.39 is 0 Å². The molecule has 0 saturated carbocycles. The number of aromatic nitrogens is 4. The van der Waals surface area contributed by atoms with Gasteiger partial charge in [0.15, 0.2) is 0 Å². The van der Waals surface area contributed by atoms with Crippen molar-refractivity contribution in [2.45, 2.75) is 19.9 Å². The van der Waals surface area contributed by atoms with Crippen molar-refractivity contribution >= 4 is 43.9 Å². The first-order valence-electron chi connectivity index (χ1n) is 8.40. The lowest BCUT2D eigenvalue weighted by atomic mass is 10.1. The molecule has 0 spiro atoms. The highest BCUT2D eigenvalue weighted by molar-refractivity contribution is 7.17. The van der Waals surface area contributed by atoms with Gasteiger partial charge in [-0.15, -0.1) is 21.5 Å². The number of amides is 1. The van der Waals surface area contributed by atoms with Crippen molar-refractivity contribution in [2.24, 2.45) is 0 Å². The Balaban J connectivity index is 1.63. The van der Waals surface area contributed by atoms with E-state index in [2.05, 4.69) is 20.5 Å². The van der Waals surface area contributed by atoms with Crippen molar-refractivity contribution < 1.29 is 9.18 Å². The summed E-state index contributed by atoms with van der Waals surface area (Å²) in [4.78, 5) is 30.1. The zero-order valence-electron chi connectivity index (χ0n) is 14.7. The molecule has 0 radical (unpaired) electrons. The van der Waals surface area contributed by atoms with Gasteiger partial charge in [0.05, 0.1) is 11.7 Å². The number of halogens is 1. The maximum atomic E-state index is 13.2. The summed E-state index contributed by atoms with van der Waals surface area (Å²) in [7, 11) is 0. The van der Waals surface area contributed by atoms with E-state index in [-0.39, 0.29) is 23.8 Å². The third-order valence-corrected chi connectivity index (χ3v) is 5.91. The molecule has 1 aromatic carbocycles. The first-order valence-corrected chi connectivity index (χ1v) is 10.1. The number of fused-ring (bicyclic) bond motifs is 1. The molecule has 1 amide bonds. The Morgan fingerprint density at radius 3 is 2.75 bits per heavy atom. The van der Waals surface area contributed by atoms with Crippen LogP contribution in [0, 0.1) is 5.82 Å². The van der Waals surface area contributed by atoms with Crippen LogP contribution in [-0.4, -0.2) is 25.7 Å². The van der Waals surface area contributed by atoms with Crippen LogP contribution in [0.2, 0.25) is 0 Å². The first kappa shape index (κ1) is 18.4. The second-order valence-electron chi connectivity index (χ2n) is 5.92. The van der Waals surface area contributed by atoms with Crippen LogP contribution in [0.4, 0.5) is 9.52 Å². The Hall–Kier alpha value is -2.98. The normalized spacial score (nSPS) is 11.1. The lowest BCUT2D eigenvalue weighted by molar-refractivity contribution is -0.116. The van der Waals surface area contributed by atoms with Gasteiger partial charge in [0, 0.05) is 10.9 Å². The zero-order valence-corrected chi connectivity index (χ0v) is 16.3. The molecule has 0 bridgehead atoms. The maximum Gasteiger partial charge on any atom is 0.263 e. The summed E-state index contributed by atoms with van der Waals surface area (Å²) < 4.78 is 14.5. The summed E-state index contributed by atoms with van der Waals surface area (Å²) in [6.07, 6.45) is 2.09. The SMILES string of the molecule is CCc1nnc(NC(=O)Cn2cnc3scc(-c4ccc(F)cc4)c3c2=O)s1. The van der Waals surface area contributed by atoms with E-state index in [0.717, 1.165) is 17.0 Å². The molecular weight excluding hydrogens is 401 g/mol. The van der Waals surface area contributed by atoms with Crippen LogP contribution in [0.15, 0.2) is 40.8 Å². The van der Waals surface area contributed by atoms with Crippen molar-refractivity contribution in [2.75, 3.05) is 5.32 Å². The van der Waals surface area contributed by atoms with Gasteiger partial charge >= 0.3 is 0 Å². The van der Waals surface area contributed by atoms with E-state index in [1.54, 1.807) is 12.1 Å². The molecule has 0 aliphatic carbocycles. The van der Waals surface area contributed by atoms with E-state index in [4.69, 9.17) is 0 Å². The fourth-order valence-electron chi connectivity index (χ4n) is 2.68. The summed E-state index contributed by atoms with van der Waals surface area (Å²) in [5.41, 5.74) is 1.06. The van der Waals surface area contributed by atoms with Crippen molar-refractivity contribution in [3.8, 4) is 11.1 Å². The third kappa shape index (κ3) is 3.56. The Bertz CT molecular complexity index is 1210. The van der Waals surface area contributed by atoms with Crippen LogP contribution < -0.4 is 10.9 Å². The quantitative estimate of drug-likeness (QED) is 0.540. The van der Waals surface area contributed by atoms with E-state index in [9.17, 15) is 14.0 Å². The Labute approximate surface area is 166 Å². The standard InChI is InChI=1S/C18H14FN5O2S2/c1-2-14-22-23-18(28-14)21-13(25)7-24-9-20-16-15(17(24)26)12(8-27-16)10-3-5-11(19)6-4-10/h3-6,8-9H,2,7H2,1H3,(H,21,23,25). The number of hydrogen-bond donors (Lipinski definition) is 1. The van der Waals surface area contributed by atoms with E-state index >= 15 is 0 Å². The van der Waals surface area contributed by atoms with Gasteiger partial charge in [-0.05, 0) is 24.1 Å². The van der Waals surface area contributed by atoms with Gasteiger partial charge in [0.2, 0.25) is 11.0 Å². The minimum Gasteiger partial charge on any atom is -0.299 e. The smallest absolute Gasteiger partial charge is 0.263 e. The lowest BCUT2D eigenvalue weighted by Gasteiger charge is -2.06. The largest absolute Gasteiger partial charge is 0.299 e. The molecule has 0 unspecified atom stereocenters. The summed E-state index contributed by atoms with van der Waals surface area (Å²) >= 11 is 2.62. The molecular formula is C18H14FN5O2S2. The number of hydrogen-bond acceptors (Lipinski definition) is 7. The lowest BCUT2D eigenvalue weighted by Crippen LogP contribution is -2.27. The molecule has 0 fully saturated rings. The van der Waals surface area contributed by atoms with Crippen molar-refractivity contribution in [3.05, 3.63) is 57.2 Å². The number of nitrogens with zero attached hydrogens (tertiary/aromatic N) is 4. The van der Waals surface area contributed by atoms with Crippen molar-refractivity contribution in [1.82, 2.24) is 19.7 Å². The molecule has 4 aromatic rings. The van der Waals surface area contributed by atoms with Gasteiger partial charge in [-0.1, -0.05) is 30.4 Å². The number of benzene rings is 1. The Kier molecular flexibility index (Phi) is 4.97. The molecule has 10 heteroatoms. The van der Waals surface area contributed by atoms with Crippen LogP contribution >= 0.6 is 22.7 Å². The summed E-state index contributed by atoms with van der Waals surface area (Å²) in [5.74, 6) is -0.737. The maximum absolute atomic E-state index is 13.2. The van der Waals surface area contributed by atoms with Gasteiger partial charge in [-0.2, -0.15) is 0 Å². The second kappa shape index (κ2) is 7.56. The molecule has 3 heterocycles. The topological polar surface area (TPSA) is 89.8 Å². The molecule has 7 nitrogen and oxygen atoms in total. The predicted octanol–water partition coefficient (Wildman–Crippen LogP) is 3.32. The Morgan fingerprint density at radius 2 is 2.04 bits per heavy atom. The number of aryl methyl sites for hydroxylation is 1. The van der Waals surface area contributed by atoms with Crippen LogP contribution in [-0.2, 0) is 17.8 Å². The zero-order chi connectivity index (χ0) is 19.7. The van der Waals surface area contributed by atoms with E-state index in [1.165, 1.54) is 45.7 Å². The summed E-state index contributed by atoms with van der Waals surface area (Å²) in [5, 5.41) is 13.9. The molecule has 0 atom stereocenters. The van der Waals surface area contributed by atoms with Crippen molar-refractivity contribution in [1.29, 1.82) is 0 Å². The number of carbonyl (C=O) groups is 1. The minimum absolute atomic E-state index is 0.193. The monoisotopic (exact) mass is 415 g/mol. The predicted molar refractivity (Wildman–Crippen MR) is 107 cm³/mol. The minimum atomic E-state index is -0.388. The fourth-order valence-corrected chi connectivity index (χ4v) is 4.28. The molecule has 142 valence electrons. The highest BCUT2D eigenvalue weighted by atomic mass is 32.1. The van der Waals surface area contributed by atoms with Gasteiger partial charge in [-0.25, -0.2) is 9.37 Å². The average molecular weight is 415 g/mol. The highest BCUT2D eigenvalue weighted by Gasteiger charge is 2.15. The number of thiophene rings is 1. The van der Waals surface area contributed by atoms with Gasteiger partial charge in [0.25, 0.3) is 5.56 Å². The van der Waals surface area contributed by atoms with Gasteiger partial charge in [-0.3, -0.25) is 19.5 Å². The molecule has 1 N–H and O–H groups in total. The number of rotatable bonds is 5. The first-order chi connectivity index (χ1) is 13.5. The van der Waals surface area contributed by atoms with E-state index in [0.29, 0.717) is 20.9 Å². The average Bonchev–Trinajstić information content (AvgIpc) is 3.32. The van der Waals surface area contributed by atoms with Crippen LogP contribution in [0.3, 0.4) is 0 Å². The van der Waals surface area contributed by atoms with Crippen molar-refractivity contribution in [3.63, 3.8) is 0 Å². The molecule has 28 heavy (non-hydrogen) atoms. The summed E-state index contributed by atoms with van der Waals surface area (Å²) in [6, 6.07) is 5.91. The Morgan fingerprint density at radius 1 is 1.25 bits per heavy atom. The number of anilines is 1. The highest BCUT2D eigenvalue weighted by Crippen LogP contribution is 2.30. The fraction of sp³-hybridized carbons (Fsp3) is 0.167. The van der Waals surface area contributed by atoms with Crippen LogP contribution in [0.5, 0.6) is 0 Å². The second-order valence-corrected chi connectivity index (χ2v) is 7.84. The summed E-state index contributed by atoms with van der Waals surface area (Å²) in [6.45, 7) is 1.76. The third-order valence-electron chi connectivity index (χ3n) is 4.05. The molecule has 4 rings (SSSR count). The van der Waals surface area contributed by atoms with Crippen LogP contribution in [0.25, 0.3) is 21.3 Å². The van der Waals surface area contributed by atoms with Gasteiger partial charge in [0.1, 0.15) is 22.2 Å². The molecule has 0 saturated heterocycles. The van der Waals surface area contributed by atoms with Crippen LogP contribution in [0.1, 0.15) is 11.9 Å². The molecule has 0 aliphatic heterocycles. The number of nitrogens with one attached hydrogen (secondary N) is 1.